The van der Waals surface area contributed by atoms with Crippen LogP contribution in [0.15, 0.2) is 70.2 Å². The van der Waals surface area contributed by atoms with Gasteiger partial charge in [-0.05, 0) is 70.0 Å². The number of nitrogens with zero attached hydrogens (tertiary/aromatic N) is 1. The third kappa shape index (κ3) is 7.56. The van der Waals surface area contributed by atoms with Crippen molar-refractivity contribution in [2.24, 2.45) is 5.10 Å². The normalized spacial score (nSPS) is 10.5. The number of halogens is 1. The van der Waals surface area contributed by atoms with Gasteiger partial charge in [0.15, 0.2) is 23.0 Å². The minimum absolute atomic E-state index is 0.0435. The van der Waals surface area contributed by atoms with Gasteiger partial charge in [0.1, 0.15) is 0 Å². The van der Waals surface area contributed by atoms with Crippen LogP contribution in [0.3, 0.4) is 0 Å². The molecule has 0 saturated heterocycles. The molecule has 2 amide bonds. The van der Waals surface area contributed by atoms with E-state index in [1.807, 2.05) is 6.07 Å². The number of methoxy groups -OCH3 is 3. The number of rotatable bonds is 11. The van der Waals surface area contributed by atoms with Crippen LogP contribution < -0.4 is 29.7 Å². The van der Waals surface area contributed by atoms with E-state index in [2.05, 4.69) is 31.8 Å². The second kappa shape index (κ2) is 13.8. The first kappa shape index (κ1) is 28.2. The predicted octanol–water partition coefficient (Wildman–Crippen LogP) is 3.96. The molecule has 2 N–H and O–H groups in total. The molecule has 3 rings (SSSR count). The summed E-state index contributed by atoms with van der Waals surface area (Å²) in [5, 5.41) is 6.61. The summed E-state index contributed by atoms with van der Waals surface area (Å²) >= 11 is 3.32. The molecular formula is C27H26BrN3O7. The van der Waals surface area contributed by atoms with Crippen molar-refractivity contribution in [1.29, 1.82) is 0 Å². The smallest absolute Gasteiger partial charge is 0.343 e. The molecule has 0 fully saturated rings. The highest BCUT2D eigenvalue weighted by Gasteiger charge is 2.16. The minimum Gasteiger partial charge on any atom is -0.493 e. The van der Waals surface area contributed by atoms with E-state index < -0.39 is 5.97 Å². The molecule has 0 saturated carbocycles. The van der Waals surface area contributed by atoms with Gasteiger partial charge < -0.3 is 24.3 Å². The largest absolute Gasteiger partial charge is 0.493 e. The molecule has 11 heteroatoms. The summed E-state index contributed by atoms with van der Waals surface area (Å²) in [5.41, 5.74) is 3.75. The van der Waals surface area contributed by atoms with Crippen molar-refractivity contribution >= 4 is 39.9 Å². The van der Waals surface area contributed by atoms with Gasteiger partial charge in [-0.15, -0.1) is 0 Å². The second-order valence-corrected chi connectivity index (χ2v) is 8.50. The number of benzene rings is 3. The van der Waals surface area contributed by atoms with Crippen molar-refractivity contribution in [3.05, 3.63) is 81.8 Å². The fraction of sp³-hybridized carbons (Fsp3) is 0.185. The average molecular weight is 584 g/mol. The third-order valence-electron chi connectivity index (χ3n) is 5.17. The number of hydrogen-bond donors (Lipinski definition) is 2. The molecule has 0 atom stereocenters. The lowest BCUT2D eigenvalue weighted by molar-refractivity contribution is -0.120. The fourth-order valence-corrected chi connectivity index (χ4v) is 3.70. The van der Waals surface area contributed by atoms with Crippen LogP contribution in [0.5, 0.6) is 23.0 Å². The number of hydrazone groups is 1. The van der Waals surface area contributed by atoms with Gasteiger partial charge in [0.25, 0.3) is 5.91 Å². The maximum atomic E-state index is 12.6. The quantitative estimate of drug-likeness (QED) is 0.151. The lowest BCUT2D eigenvalue weighted by Gasteiger charge is -2.11. The van der Waals surface area contributed by atoms with Crippen molar-refractivity contribution in [3.8, 4) is 23.0 Å². The monoisotopic (exact) mass is 583 g/mol. The first-order chi connectivity index (χ1) is 18.4. The number of carbonyl (C=O) groups is 3. The summed E-state index contributed by atoms with van der Waals surface area (Å²) in [6.07, 6.45) is 1.46. The summed E-state index contributed by atoms with van der Waals surface area (Å²) in [4.78, 5) is 36.9. The van der Waals surface area contributed by atoms with Crippen LogP contribution in [-0.4, -0.2) is 51.9 Å². The first-order valence-electron chi connectivity index (χ1n) is 11.3. The van der Waals surface area contributed by atoms with Crippen LogP contribution in [0.25, 0.3) is 0 Å². The van der Waals surface area contributed by atoms with E-state index in [4.69, 9.17) is 18.9 Å². The summed E-state index contributed by atoms with van der Waals surface area (Å²) in [7, 11) is 4.42. The zero-order chi connectivity index (χ0) is 27.5. The lowest BCUT2D eigenvalue weighted by atomic mass is 10.2. The summed E-state index contributed by atoms with van der Waals surface area (Å²) in [6, 6.07) is 16.5. The molecule has 0 heterocycles. The summed E-state index contributed by atoms with van der Waals surface area (Å²) < 4.78 is 21.9. The lowest BCUT2D eigenvalue weighted by Crippen LogP contribution is -2.29. The van der Waals surface area contributed by atoms with Gasteiger partial charge >= 0.3 is 5.97 Å². The van der Waals surface area contributed by atoms with Gasteiger partial charge in [0, 0.05) is 17.4 Å². The maximum Gasteiger partial charge on any atom is 0.343 e. The molecule has 10 nitrogen and oxygen atoms in total. The highest BCUT2D eigenvalue weighted by Crippen LogP contribution is 2.31. The molecule has 38 heavy (non-hydrogen) atoms. The summed E-state index contributed by atoms with van der Waals surface area (Å²) in [6.45, 7) is 0.148. The molecule has 0 aliphatic carbocycles. The van der Waals surface area contributed by atoms with Gasteiger partial charge in [0.2, 0.25) is 5.91 Å². The standard InChI is InChI=1S/C27H26BrN3O7/c1-35-21-11-9-18(15-24(21)37-3)27(34)38-22-10-8-17(14-23(22)36-2)16-30-31-25(32)12-13-29-26(33)19-6-4-5-7-20(19)28/h4-11,14-16H,12-13H2,1-3H3,(H,29,33)(H,31,32)/b30-16-. The van der Waals surface area contributed by atoms with Gasteiger partial charge in [0.05, 0.1) is 38.7 Å². The number of nitrogens with one attached hydrogen (secondary N) is 2. The zero-order valence-electron chi connectivity index (χ0n) is 20.9. The average Bonchev–Trinajstić information content (AvgIpc) is 2.93. The van der Waals surface area contributed by atoms with Crippen molar-refractivity contribution in [1.82, 2.24) is 10.7 Å². The van der Waals surface area contributed by atoms with Crippen LogP contribution >= 0.6 is 15.9 Å². The molecule has 0 aliphatic heterocycles. The molecular weight excluding hydrogens is 558 g/mol. The predicted molar refractivity (Wildman–Crippen MR) is 144 cm³/mol. The van der Waals surface area contributed by atoms with Crippen LogP contribution in [0.2, 0.25) is 0 Å². The van der Waals surface area contributed by atoms with Crippen LogP contribution in [0.4, 0.5) is 0 Å². The minimum atomic E-state index is -0.607. The Balaban J connectivity index is 1.53. The van der Waals surface area contributed by atoms with Gasteiger partial charge in [-0.1, -0.05) is 12.1 Å². The number of hydrogen-bond acceptors (Lipinski definition) is 8. The van der Waals surface area contributed by atoms with E-state index in [0.29, 0.717) is 32.8 Å². The maximum absolute atomic E-state index is 12.6. The second-order valence-electron chi connectivity index (χ2n) is 7.65. The molecule has 3 aromatic rings. The van der Waals surface area contributed by atoms with Crippen molar-refractivity contribution in [3.63, 3.8) is 0 Å². The van der Waals surface area contributed by atoms with Gasteiger partial charge in [-0.25, -0.2) is 10.2 Å². The third-order valence-corrected chi connectivity index (χ3v) is 5.86. The Hall–Kier alpha value is -4.38. The molecule has 0 radical (unpaired) electrons. The Bertz CT molecular complexity index is 1340. The Kier molecular flexibility index (Phi) is 10.2. The highest BCUT2D eigenvalue weighted by atomic mass is 79.9. The molecule has 0 aromatic heterocycles. The van der Waals surface area contributed by atoms with Crippen molar-refractivity contribution in [2.45, 2.75) is 6.42 Å². The number of esters is 1. The Morgan fingerprint density at radius 3 is 2.26 bits per heavy atom. The number of ether oxygens (including phenoxy) is 4. The van der Waals surface area contributed by atoms with E-state index >= 15 is 0 Å². The molecule has 0 unspecified atom stereocenters. The van der Waals surface area contributed by atoms with E-state index in [-0.39, 0.29) is 36.1 Å². The topological polar surface area (TPSA) is 125 Å². The molecule has 3 aromatic carbocycles. The SMILES string of the molecule is COc1ccc(C(=O)Oc2ccc(/C=N\NC(=O)CCNC(=O)c3ccccc3Br)cc2OC)cc1OC. The van der Waals surface area contributed by atoms with Crippen molar-refractivity contribution < 1.29 is 33.3 Å². The van der Waals surface area contributed by atoms with E-state index in [0.717, 1.165) is 0 Å². The Labute approximate surface area is 228 Å². The zero-order valence-corrected chi connectivity index (χ0v) is 22.5. The van der Waals surface area contributed by atoms with Crippen molar-refractivity contribution in [2.75, 3.05) is 27.9 Å². The van der Waals surface area contributed by atoms with Gasteiger partial charge in [-0.3, -0.25) is 9.59 Å². The number of carbonyl (C=O) groups excluding carboxylic acids is 3. The molecule has 198 valence electrons. The van der Waals surface area contributed by atoms with E-state index in [1.54, 1.807) is 48.5 Å². The fourth-order valence-electron chi connectivity index (χ4n) is 3.24. The summed E-state index contributed by atoms with van der Waals surface area (Å²) in [5.74, 6) is 0.119. The highest BCUT2D eigenvalue weighted by molar-refractivity contribution is 9.10. The first-order valence-corrected chi connectivity index (χ1v) is 12.1. The van der Waals surface area contributed by atoms with Crippen LogP contribution in [0, 0.1) is 0 Å². The Morgan fingerprint density at radius 1 is 0.868 bits per heavy atom. The van der Waals surface area contributed by atoms with Gasteiger partial charge in [-0.2, -0.15) is 5.10 Å². The Morgan fingerprint density at radius 2 is 1.55 bits per heavy atom. The van der Waals surface area contributed by atoms with Crippen LogP contribution in [-0.2, 0) is 4.79 Å². The molecule has 0 spiro atoms. The van der Waals surface area contributed by atoms with E-state index in [9.17, 15) is 14.4 Å². The van der Waals surface area contributed by atoms with Crippen LogP contribution in [0.1, 0.15) is 32.7 Å². The number of amides is 2. The van der Waals surface area contributed by atoms with E-state index in [1.165, 1.54) is 33.6 Å². The molecule has 0 bridgehead atoms. The molecule has 0 aliphatic rings.